The third-order valence-electron chi connectivity index (χ3n) is 7.27. The lowest BCUT2D eigenvalue weighted by atomic mass is 9.64. The Hall–Kier alpha value is -3.58. The van der Waals surface area contributed by atoms with Crippen LogP contribution in [0, 0.1) is 0 Å². The van der Waals surface area contributed by atoms with Crippen molar-refractivity contribution in [3.8, 4) is 0 Å². The molecule has 1 aliphatic rings. The van der Waals surface area contributed by atoms with Gasteiger partial charge >= 0.3 is 0 Å². The Labute approximate surface area is 198 Å². The van der Waals surface area contributed by atoms with Gasteiger partial charge in [-0.2, -0.15) is 0 Å². The van der Waals surface area contributed by atoms with E-state index < -0.39 is 5.41 Å². The normalized spacial score (nSPS) is 15.0. The molecule has 0 spiro atoms. The highest BCUT2D eigenvalue weighted by atomic mass is 15.2. The number of fused-ring (bicyclic) bond motifs is 1. The quantitative estimate of drug-likeness (QED) is 0.300. The Kier molecular flexibility index (Phi) is 5.21. The molecule has 1 nitrogen and oxygen atoms in total. The molecule has 1 heteroatoms. The molecule has 0 bridgehead atoms. The first-order valence-corrected chi connectivity index (χ1v) is 11.7. The zero-order valence-corrected chi connectivity index (χ0v) is 19.9. The van der Waals surface area contributed by atoms with E-state index in [1.54, 1.807) is 0 Å². The van der Waals surface area contributed by atoms with Crippen molar-refractivity contribution in [2.45, 2.75) is 31.7 Å². The van der Waals surface area contributed by atoms with Crippen molar-refractivity contribution in [3.63, 3.8) is 0 Å². The van der Waals surface area contributed by atoms with Crippen LogP contribution in [0.2, 0.25) is 0 Å². The molecule has 0 saturated carbocycles. The summed E-state index contributed by atoms with van der Waals surface area (Å²) >= 11 is 0. The van der Waals surface area contributed by atoms with Crippen LogP contribution in [0.5, 0.6) is 0 Å². The second-order valence-electron chi connectivity index (χ2n) is 9.62. The molecule has 0 aromatic heterocycles. The van der Waals surface area contributed by atoms with Crippen LogP contribution in [0.3, 0.4) is 0 Å². The fourth-order valence-electron chi connectivity index (χ4n) is 5.46. The van der Waals surface area contributed by atoms with Gasteiger partial charge in [0.25, 0.3) is 0 Å². The fourth-order valence-corrected chi connectivity index (χ4v) is 5.46. The summed E-state index contributed by atoms with van der Waals surface area (Å²) < 4.78 is 0. The Bertz CT molecular complexity index is 1190. The van der Waals surface area contributed by atoms with E-state index in [1.165, 1.54) is 39.1 Å². The van der Waals surface area contributed by atoms with Gasteiger partial charge in [-0.1, -0.05) is 103 Å². The van der Waals surface area contributed by atoms with Crippen molar-refractivity contribution in [1.82, 2.24) is 0 Å². The number of benzene rings is 4. The van der Waals surface area contributed by atoms with Gasteiger partial charge in [-0.25, -0.2) is 0 Å². The maximum atomic E-state index is 2.42. The third-order valence-corrected chi connectivity index (χ3v) is 7.27. The molecule has 164 valence electrons. The van der Waals surface area contributed by atoms with Crippen molar-refractivity contribution in [2.24, 2.45) is 0 Å². The number of nitrogens with zero attached hydrogens (tertiary/aromatic N) is 1. The standard InChI is InChI=1S/C32H31N/c1-24-23-31(2,3)33(4)30-21-20-28(22-29(24)30)32(25-14-8-5-9-15-25,26-16-10-6-11-17-26)27-18-12-7-13-19-27/h5-23H,1-4H3. The lowest BCUT2D eigenvalue weighted by Crippen LogP contribution is -2.42. The third kappa shape index (κ3) is 3.40. The fraction of sp³-hybridized carbons (Fsp3) is 0.188. The molecule has 0 amide bonds. The van der Waals surface area contributed by atoms with Crippen LogP contribution in [0.1, 0.15) is 48.6 Å². The summed E-state index contributed by atoms with van der Waals surface area (Å²) in [5.41, 5.74) is 8.60. The predicted octanol–water partition coefficient (Wildman–Crippen LogP) is 7.70. The van der Waals surface area contributed by atoms with E-state index in [0.29, 0.717) is 0 Å². The van der Waals surface area contributed by atoms with Crippen LogP contribution >= 0.6 is 0 Å². The van der Waals surface area contributed by atoms with Crippen LogP contribution in [0.4, 0.5) is 5.69 Å². The molecule has 0 aliphatic carbocycles. The van der Waals surface area contributed by atoms with E-state index in [4.69, 9.17) is 0 Å². The van der Waals surface area contributed by atoms with E-state index in [-0.39, 0.29) is 5.54 Å². The van der Waals surface area contributed by atoms with Crippen molar-refractivity contribution >= 4 is 11.3 Å². The molecule has 0 unspecified atom stereocenters. The van der Waals surface area contributed by atoms with Crippen LogP contribution in [0.25, 0.3) is 5.57 Å². The molecule has 0 saturated heterocycles. The Morgan fingerprint density at radius 2 is 1.06 bits per heavy atom. The molecule has 33 heavy (non-hydrogen) atoms. The van der Waals surface area contributed by atoms with Gasteiger partial charge in [0.2, 0.25) is 0 Å². The average molecular weight is 430 g/mol. The largest absolute Gasteiger partial charge is 0.366 e. The molecular formula is C32H31N. The number of anilines is 1. The molecule has 4 aromatic rings. The molecular weight excluding hydrogens is 398 g/mol. The minimum absolute atomic E-state index is 0.00597. The first-order chi connectivity index (χ1) is 15.9. The van der Waals surface area contributed by atoms with Gasteiger partial charge in [0.15, 0.2) is 0 Å². The number of allylic oxidation sites excluding steroid dienone is 1. The molecule has 0 N–H and O–H groups in total. The van der Waals surface area contributed by atoms with Crippen LogP contribution in [-0.4, -0.2) is 12.6 Å². The van der Waals surface area contributed by atoms with Crippen LogP contribution in [0.15, 0.2) is 115 Å². The number of hydrogen-bond acceptors (Lipinski definition) is 1. The summed E-state index contributed by atoms with van der Waals surface area (Å²) in [6, 6.07) is 39.8. The highest BCUT2D eigenvalue weighted by molar-refractivity contribution is 5.82. The summed E-state index contributed by atoms with van der Waals surface area (Å²) in [5.74, 6) is 0. The summed E-state index contributed by atoms with van der Waals surface area (Å²) in [7, 11) is 2.19. The van der Waals surface area contributed by atoms with Gasteiger partial charge in [-0.05, 0) is 60.7 Å². The summed E-state index contributed by atoms with van der Waals surface area (Å²) in [6.07, 6.45) is 2.38. The first kappa shape index (κ1) is 21.3. The highest BCUT2D eigenvalue weighted by Crippen LogP contribution is 2.47. The second kappa shape index (κ2) is 8.08. The molecule has 0 radical (unpaired) electrons. The van der Waals surface area contributed by atoms with E-state index in [9.17, 15) is 0 Å². The van der Waals surface area contributed by atoms with Gasteiger partial charge in [0.1, 0.15) is 0 Å². The maximum Gasteiger partial charge on any atom is 0.0701 e. The van der Waals surface area contributed by atoms with Crippen molar-refractivity contribution in [1.29, 1.82) is 0 Å². The van der Waals surface area contributed by atoms with Gasteiger partial charge in [0, 0.05) is 18.3 Å². The van der Waals surface area contributed by atoms with Gasteiger partial charge in [-0.3, -0.25) is 0 Å². The Morgan fingerprint density at radius 3 is 1.52 bits per heavy atom. The summed E-state index contributed by atoms with van der Waals surface area (Å²) in [4.78, 5) is 2.38. The van der Waals surface area contributed by atoms with Gasteiger partial charge in [0.05, 0.1) is 11.0 Å². The monoisotopic (exact) mass is 429 g/mol. The summed E-state index contributed by atoms with van der Waals surface area (Å²) in [5, 5.41) is 0. The van der Waals surface area contributed by atoms with Crippen molar-refractivity contribution < 1.29 is 0 Å². The predicted molar refractivity (Wildman–Crippen MR) is 141 cm³/mol. The van der Waals surface area contributed by atoms with Crippen LogP contribution in [-0.2, 0) is 5.41 Å². The van der Waals surface area contributed by atoms with E-state index >= 15 is 0 Å². The van der Waals surface area contributed by atoms with Crippen LogP contribution < -0.4 is 4.90 Å². The van der Waals surface area contributed by atoms with E-state index in [1.807, 2.05) is 0 Å². The molecule has 5 rings (SSSR count). The van der Waals surface area contributed by atoms with E-state index in [0.717, 1.165) is 0 Å². The van der Waals surface area contributed by atoms with Crippen molar-refractivity contribution in [3.05, 3.63) is 143 Å². The number of likely N-dealkylation sites (N-methyl/N-ethyl adjacent to an activating group) is 1. The molecule has 1 heterocycles. The zero-order valence-electron chi connectivity index (χ0n) is 19.9. The lowest BCUT2D eigenvalue weighted by molar-refractivity contribution is 0.597. The number of hydrogen-bond donors (Lipinski definition) is 0. The van der Waals surface area contributed by atoms with Crippen molar-refractivity contribution in [2.75, 3.05) is 11.9 Å². The molecule has 1 aliphatic heterocycles. The number of rotatable bonds is 4. The highest BCUT2D eigenvalue weighted by Gasteiger charge is 2.39. The Morgan fingerprint density at radius 1 is 0.606 bits per heavy atom. The topological polar surface area (TPSA) is 3.24 Å². The molecule has 0 fully saturated rings. The van der Waals surface area contributed by atoms with Gasteiger partial charge < -0.3 is 4.90 Å². The zero-order chi connectivity index (χ0) is 23.1. The Balaban J connectivity index is 1.86. The lowest BCUT2D eigenvalue weighted by Gasteiger charge is -2.42. The minimum Gasteiger partial charge on any atom is -0.366 e. The summed E-state index contributed by atoms with van der Waals surface area (Å²) in [6.45, 7) is 6.79. The molecule has 4 aromatic carbocycles. The smallest absolute Gasteiger partial charge is 0.0701 e. The SMILES string of the molecule is CC1=CC(C)(C)N(C)c2ccc(C(c3ccccc3)(c3ccccc3)c3ccccc3)cc21. The maximum absolute atomic E-state index is 2.42. The van der Waals surface area contributed by atoms with E-state index in [2.05, 4.69) is 148 Å². The minimum atomic E-state index is -0.412. The van der Waals surface area contributed by atoms with Gasteiger partial charge in [-0.15, -0.1) is 0 Å². The average Bonchev–Trinajstić information content (AvgIpc) is 2.85. The first-order valence-electron chi connectivity index (χ1n) is 11.7. The second-order valence-corrected chi connectivity index (χ2v) is 9.62. The molecule has 0 atom stereocenters.